The van der Waals surface area contributed by atoms with Gasteiger partial charge in [-0.2, -0.15) is 0 Å². The quantitative estimate of drug-likeness (QED) is 0.398. The van der Waals surface area contributed by atoms with Crippen LogP contribution in [-0.4, -0.2) is 45.7 Å². The van der Waals surface area contributed by atoms with Crippen molar-refractivity contribution < 1.29 is 24.6 Å². The molecule has 0 radical (unpaired) electrons. The molecule has 1 aliphatic heterocycles. The standard InChI is InChI=1S/C21H30N2O5/c1-3-5-12-17(20(25)22-27)23-18(16(9-4-2)19(24)21(23)26)14-28-13-15-10-7-6-8-11-15/h6-8,10-11,17-18,24,27H,3-5,9,12-14H2,1-2H3,(H,22,25). The number of nitrogens with zero attached hydrogens (tertiary/aromatic N) is 1. The molecule has 0 spiro atoms. The number of hydroxylamine groups is 1. The number of carbonyl (C=O) groups is 2. The second-order valence-electron chi connectivity index (χ2n) is 6.99. The Morgan fingerprint density at radius 2 is 1.96 bits per heavy atom. The summed E-state index contributed by atoms with van der Waals surface area (Å²) < 4.78 is 5.84. The van der Waals surface area contributed by atoms with Crippen molar-refractivity contribution in [1.29, 1.82) is 0 Å². The first-order valence-electron chi connectivity index (χ1n) is 9.85. The van der Waals surface area contributed by atoms with Crippen molar-refractivity contribution in [2.45, 2.75) is 64.6 Å². The summed E-state index contributed by atoms with van der Waals surface area (Å²) in [4.78, 5) is 26.4. The zero-order chi connectivity index (χ0) is 20.5. The minimum absolute atomic E-state index is 0.168. The van der Waals surface area contributed by atoms with E-state index in [1.165, 1.54) is 4.90 Å². The maximum atomic E-state index is 12.8. The molecule has 0 fully saturated rings. The van der Waals surface area contributed by atoms with E-state index in [9.17, 15) is 14.7 Å². The zero-order valence-electron chi connectivity index (χ0n) is 16.6. The van der Waals surface area contributed by atoms with Gasteiger partial charge in [0.25, 0.3) is 11.8 Å². The SMILES string of the molecule is CCCCC(C(=O)NO)N1C(=O)C(O)=C(CCC)C1COCc1ccccc1. The molecule has 1 aromatic rings. The highest BCUT2D eigenvalue weighted by atomic mass is 16.5. The summed E-state index contributed by atoms with van der Waals surface area (Å²) in [6.07, 6.45) is 3.24. The molecule has 7 nitrogen and oxygen atoms in total. The highest BCUT2D eigenvalue weighted by Crippen LogP contribution is 2.32. The van der Waals surface area contributed by atoms with Crippen molar-refractivity contribution in [1.82, 2.24) is 10.4 Å². The van der Waals surface area contributed by atoms with E-state index in [2.05, 4.69) is 0 Å². The average Bonchev–Trinajstić information content (AvgIpc) is 2.94. The number of ether oxygens (including phenoxy) is 1. The van der Waals surface area contributed by atoms with Crippen LogP contribution in [0.4, 0.5) is 0 Å². The molecule has 2 rings (SSSR count). The van der Waals surface area contributed by atoms with Crippen molar-refractivity contribution in [3.63, 3.8) is 0 Å². The topological polar surface area (TPSA) is 99.1 Å². The number of aliphatic hydroxyl groups is 1. The van der Waals surface area contributed by atoms with Crippen LogP contribution in [0, 0.1) is 0 Å². The van der Waals surface area contributed by atoms with E-state index in [0.29, 0.717) is 31.4 Å². The van der Waals surface area contributed by atoms with Crippen LogP contribution in [0.2, 0.25) is 0 Å². The molecule has 154 valence electrons. The first-order valence-corrected chi connectivity index (χ1v) is 9.85. The van der Waals surface area contributed by atoms with Gasteiger partial charge in [0.15, 0.2) is 5.76 Å². The molecule has 7 heteroatoms. The van der Waals surface area contributed by atoms with E-state index in [0.717, 1.165) is 18.4 Å². The summed E-state index contributed by atoms with van der Waals surface area (Å²) in [5, 5.41) is 19.6. The minimum Gasteiger partial charge on any atom is -0.503 e. The number of benzene rings is 1. The normalized spacial score (nSPS) is 17.9. The molecule has 1 heterocycles. The molecule has 1 aliphatic rings. The Balaban J connectivity index is 2.22. The number of rotatable bonds is 11. The van der Waals surface area contributed by atoms with Gasteiger partial charge in [0.2, 0.25) is 0 Å². The van der Waals surface area contributed by atoms with Crippen LogP contribution in [0.15, 0.2) is 41.7 Å². The first-order chi connectivity index (χ1) is 13.5. The van der Waals surface area contributed by atoms with Gasteiger partial charge in [0.1, 0.15) is 6.04 Å². The maximum Gasteiger partial charge on any atom is 0.289 e. The van der Waals surface area contributed by atoms with Crippen LogP contribution < -0.4 is 5.48 Å². The molecular formula is C21H30N2O5. The van der Waals surface area contributed by atoms with Crippen molar-refractivity contribution >= 4 is 11.8 Å². The lowest BCUT2D eigenvalue weighted by Crippen LogP contribution is -2.52. The Morgan fingerprint density at radius 1 is 1.25 bits per heavy atom. The average molecular weight is 390 g/mol. The van der Waals surface area contributed by atoms with Gasteiger partial charge in [-0.25, -0.2) is 5.48 Å². The third-order valence-corrected chi connectivity index (χ3v) is 4.97. The molecule has 0 bridgehead atoms. The molecule has 0 saturated heterocycles. The number of amides is 2. The first kappa shape index (κ1) is 21.9. The van der Waals surface area contributed by atoms with Gasteiger partial charge in [-0.15, -0.1) is 0 Å². The molecule has 28 heavy (non-hydrogen) atoms. The fourth-order valence-corrected chi connectivity index (χ4v) is 3.55. The predicted octanol–water partition coefficient (Wildman–Crippen LogP) is 3.09. The molecule has 2 amide bonds. The highest BCUT2D eigenvalue weighted by molar-refractivity contribution is 5.98. The monoisotopic (exact) mass is 390 g/mol. The molecule has 3 N–H and O–H groups in total. The highest BCUT2D eigenvalue weighted by Gasteiger charge is 2.44. The van der Waals surface area contributed by atoms with E-state index in [4.69, 9.17) is 9.94 Å². The molecule has 0 saturated carbocycles. The van der Waals surface area contributed by atoms with Crippen molar-refractivity contribution in [2.75, 3.05) is 6.61 Å². The molecule has 2 unspecified atom stereocenters. The molecular weight excluding hydrogens is 360 g/mol. The number of unbranched alkanes of at least 4 members (excludes halogenated alkanes) is 1. The maximum absolute atomic E-state index is 12.8. The van der Waals surface area contributed by atoms with Gasteiger partial charge in [-0.1, -0.05) is 63.4 Å². The van der Waals surface area contributed by atoms with Crippen LogP contribution in [0.1, 0.15) is 51.5 Å². The van der Waals surface area contributed by atoms with E-state index in [1.807, 2.05) is 44.2 Å². The van der Waals surface area contributed by atoms with E-state index in [1.54, 1.807) is 5.48 Å². The summed E-state index contributed by atoms with van der Waals surface area (Å²) >= 11 is 0. The van der Waals surface area contributed by atoms with E-state index >= 15 is 0 Å². The van der Waals surface area contributed by atoms with E-state index in [-0.39, 0.29) is 12.4 Å². The Hall–Kier alpha value is -2.38. The Labute approximate surface area is 165 Å². The number of hydrogen-bond donors (Lipinski definition) is 3. The van der Waals surface area contributed by atoms with Crippen LogP contribution in [0.25, 0.3) is 0 Å². The van der Waals surface area contributed by atoms with Crippen LogP contribution in [0.5, 0.6) is 0 Å². The van der Waals surface area contributed by atoms with Crippen molar-refractivity contribution in [2.24, 2.45) is 0 Å². The van der Waals surface area contributed by atoms with Crippen LogP contribution in [-0.2, 0) is 20.9 Å². The smallest absolute Gasteiger partial charge is 0.289 e. The third kappa shape index (κ3) is 5.11. The van der Waals surface area contributed by atoms with Gasteiger partial charge in [0, 0.05) is 5.57 Å². The van der Waals surface area contributed by atoms with Crippen molar-refractivity contribution in [3.05, 3.63) is 47.2 Å². The van der Waals surface area contributed by atoms with Crippen LogP contribution >= 0.6 is 0 Å². The van der Waals surface area contributed by atoms with Crippen LogP contribution in [0.3, 0.4) is 0 Å². The molecule has 2 atom stereocenters. The summed E-state index contributed by atoms with van der Waals surface area (Å²) in [5.41, 5.74) is 3.25. The number of carbonyl (C=O) groups excluding carboxylic acids is 2. The van der Waals surface area contributed by atoms with E-state index < -0.39 is 23.9 Å². The fourth-order valence-electron chi connectivity index (χ4n) is 3.55. The molecule has 0 aromatic heterocycles. The summed E-state index contributed by atoms with van der Waals surface area (Å²) in [5.74, 6) is -1.54. The third-order valence-electron chi connectivity index (χ3n) is 4.97. The Bertz CT molecular complexity index is 689. The summed E-state index contributed by atoms with van der Waals surface area (Å²) in [7, 11) is 0. The van der Waals surface area contributed by atoms with Crippen molar-refractivity contribution in [3.8, 4) is 0 Å². The Kier molecular flexibility index (Phi) is 8.47. The minimum atomic E-state index is -0.862. The Morgan fingerprint density at radius 3 is 2.57 bits per heavy atom. The number of nitrogens with one attached hydrogen (secondary N) is 1. The summed E-state index contributed by atoms with van der Waals surface area (Å²) in [6, 6.07) is 8.26. The largest absolute Gasteiger partial charge is 0.503 e. The van der Waals surface area contributed by atoms with Gasteiger partial charge >= 0.3 is 0 Å². The van der Waals surface area contributed by atoms with Gasteiger partial charge in [-0.05, 0) is 18.4 Å². The fraction of sp³-hybridized carbons (Fsp3) is 0.524. The number of hydrogen-bond acceptors (Lipinski definition) is 5. The number of aliphatic hydroxyl groups excluding tert-OH is 1. The lowest BCUT2D eigenvalue weighted by atomic mass is 10.0. The zero-order valence-corrected chi connectivity index (χ0v) is 16.6. The second-order valence-corrected chi connectivity index (χ2v) is 6.99. The molecule has 0 aliphatic carbocycles. The predicted molar refractivity (Wildman–Crippen MR) is 105 cm³/mol. The van der Waals surface area contributed by atoms with Gasteiger partial charge < -0.3 is 14.7 Å². The lowest BCUT2D eigenvalue weighted by molar-refractivity contribution is -0.145. The van der Waals surface area contributed by atoms with Gasteiger partial charge in [0.05, 0.1) is 19.3 Å². The van der Waals surface area contributed by atoms with Gasteiger partial charge in [-0.3, -0.25) is 14.8 Å². The molecule has 1 aromatic carbocycles. The summed E-state index contributed by atoms with van der Waals surface area (Å²) in [6.45, 7) is 4.48. The second kappa shape index (κ2) is 10.8. The lowest BCUT2D eigenvalue weighted by Gasteiger charge is -2.33.